The number of hydrogen-bond donors (Lipinski definition) is 0. The number of likely N-dealkylation sites (tertiary alicyclic amines) is 1. The average molecular weight is 406 g/mol. The van der Waals surface area contributed by atoms with Gasteiger partial charge in [0.2, 0.25) is 0 Å². The van der Waals surface area contributed by atoms with E-state index in [0.29, 0.717) is 0 Å². The quantitative estimate of drug-likeness (QED) is 0.289. The maximum absolute atomic E-state index is 2.84. The maximum atomic E-state index is 2.84. The van der Waals surface area contributed by atoms with E-state index in [0.717, 1.165) is 6.04 Å². The van der Waals surface area contributed by atoms with Gasteiger partial charge in [-0.2, -0.15) is 0 Å². The van der Waals surface area contributed by atoms with Gasteiger partial charge in [0.25, 0.3) is 0 Å². The number of piperidine rings is 1. The summed E-state index contributed by atoms with van der Waals surface area (Å²) in [6.07, 6.45) is 19.3. The minimum absolute atomic E-state index is 0.844. The molecule has 1 aliphatic rings. The highest BCUT2D eigenvalue weighted by Crippen LogP contribution is 2.22. The van der Waals surface area contributed by atoms with Crippen molar-refractivity contribution in [3.63, 3.8) is 0 Å². The van der Waals surface area contributed by atoms with E-state index >= 15 is 0 Å². The molecule has 30 heavy (non-hydrogen) atoms. The summed E-state index contributed by atoms with van der Waals surface area (Å²) in [6, 6.07) is 22.8. The van der Waals surface area contributed by atoms with Gasteiger partial charge in [0, 0.05) is 6.04 Å². The molecule has 1 heterocycles. The third-order valence-electron chi connectivity index (χ3n) is 6.85. The molecule has 0 amide bonds. The van der Waals surface area contributed by atoms with Crippen molar-refractivity contribution >= 4 is 0 Å². The zero-order chi connectivity index (χ0) is 20.7. The molecule has 3 rings (SSSR count). The molecule has 1 aliphatic heterocycles. The predicted molar refractivity (Wildman–Crippen MR) is 131 cm³/mol. The van der Waals surface area contributed by atoms with Crippen molar-refractivity contribution in [2.24, 2.45) is 0 Å². The van der Waals surface area contributed by atoms with E-state index in [2.05, 4.69) is 65.6 Å². The molecule has 1 nitrogen and oxygen atoms in total. The van der Waals surface area contributed by atoms with Crippen LogP contribution in [0.3, 0.4) is 0 Å². The highest BCUT2D eigenvalue weighted by molar-refractivity contribution is 5.15. The van der Waals surface area contributed by atoms with Crippen LogP contribution in [0.25, 0.3) is 0 Å². The Kier molecular flexibility index (Phi) is 11.1. The van der Waals surface area contributed by atoms with Crippen molar-refractivity contribution in [1.82, 2.24) is 4.90 Å². The molecule has 2 aromatic carbocycles. The van der Waals surface area contributed by atoms with E-state index in [1.807, 2.05) is 0 Å². The highest BCUT2D eigenvalue weighted by atomic mass is 15.2. The van der Waals surface area contributed by atoms with Crippen LogP contribution in [0.2, 0.25) is 0 Å². The smallest absolute Gasteiger partial charge is 0.00952 e. The van der Waals surface area contributed by atoms with Crippen LogP contribution in [0.15, 0.2) is 60.7 Å². The van der Waals surface area contributed by atoms with E-state index in [1.165, 1.54) is 114 Å². The molecule has 0 aromatic heterocycles. The fourth-order valence-corrected chi connectivity index (χ4v) is 5.03. The van der Waals surface area contributed by atoms with Crippen LogP contribution in [-0.2, 0) is 12.8 Å². The monoisotopic (exact) mass is 405 g/mol. The summed E-state index contributed by atoms with van der Waals surface area (Å²) < 4.78 is 0. The normalized spacial score (nSPS) is 15.9. The van der Waals surface area contributed by atoms with Crippen LogP contribution in [0.1, 0.15) is 88.2 Å². The molecule has 0 bridgehead atoms. The third-order valence-corrected chi connectivity index (χ3v) is 6.85. The fraction of sp³-hybridized carbons (Fsp3) is 0.586. The van der Waals surface area contributed by atoms with Gasteiger partial charge in [0.1, 0.15) is 0 Å². The van der Waals surface area contributed by atoms with Crippen molar-refractivity contribution in [3.8, 4) is 0 Å². The summed E-state index contributed by atoms with van der Waals surface area (Å²) in [5.74, 6) is 0. The Bertz CT molecular complexity index is 645. The summed E-state index contributed by atoms with van der Waals surface area (Å²) in [4.78, 5) is 2.84. The van der Waals surface area contributed by atoms with Gasteiger partial charge in [-0.15, -0.1) is 0 Å². The van der Waals surface area contributed by atoms with Gasteiger partial charge < -0.3 is 4.90 Å². The van der Waals surface area contributed by atoms with Crippen molar-refractivity contribution in [3.05, 3.63) is 71.8 Å². The van der Waals surface area contributed by atoms with Crippen LogP contribution < -0.4 is 0 Å². The maximum Gasteiger partial charge on any atom is 0.00952 e. The molecule has 0 radical (unpaired) electrons. The van der Waals surface area contributed by atoms with Gasteiger partial charge in [-0.1, -0.05) is 99.2 Å². The van der Waals surface area contributed by atoms with Crippen LogP contribution in [0, 0.1) is 0 Å². The Morgan fingerprint density at radius 1 is 0.533 bits per heavy atom. The van der Waals surface area contributed by atoms with Crippen molar-refractivity contribution in [1.29, 1.82) is 0 Å². The third kappa shape index (κ3) is 9.04. The first kappa shape index (κ1) is 23.1. The second kappa shape index (κ2) is 14.4. The number of hydrogen-bond acceptors (Lipinski definition) is 1. The lowest BCUT2D eigenvalue weighted by Gasteiger charge is -2.35. The van der Waals surface area contributed by atoms with E-state index in [9.17, 15) is 0 Å². The van der Waals surface area contributed by atoms with Gasteiger partial charge in [-0.3, -0.25) is 0 Å². The van der Waals surface area contributed by atoms with E-state index in [1.54, 1.807) is 0 Å². The number of nitrogens with zero attached hydrogens (tertiary/aromatic N) is 1. The molecule has 2 aromatic rings. The van der Waals surface area contributed by atoms with Gasteiger partial charge in [-0.05, 0) is 75.6 Å². The highest BCUT2D eigenvalue weighted by Gasteiger charge is 2.19. The largest absolute Gasteiger partial charge is 0.300 e. The Hall–Kier alpha value is -1.60. The predicted octanol–water partition coefficient (Wildman–Crippen LogP) is 7.84. The molecular weight excluding hydrogens is 362 g/mol. The van der Waals surface area contributed by atoms with E-state index in [4.69, 9.17) is 0 Å². The zero-order valence-electron chi connectivity index (χ0n) is 19.1. The molecule has 0 N–H and O–H groups in total. The fourth-order valence-electron chi connectivity index (χ4n) is 5.03. The summed E-state index contributed by atoms with van der Waals surface area (Å²) in [7, 11) is 0. The Morgan fingerprint density at radius 2 is 1.00 bits per heavy atom. The molecule has 1 unspecified atom stereocenters. The molecule has 1 saturated heterocycles. The van der Waals surface area contributed by atoms with Crippen LogP contribution in [0.5, 0.6) is 0 Å². The molecule has 164 valence electrons. The molecule has 0 saturated carbocycles. The molecular formula is C29H43N. The summed E-state index contributed by atoms with van der Waals surface area (Å²) >= 11 is 0. The van der Waals surface area contributed by atoms with Crippen molar-refractivity contribution < 1.29 is 0 Å². The van der Waals surface area contributed by atoms with Gasteiger partial charge in [-0.25, -0.2) is 0 Å². The standard InChI is InChI=1S/C29H43N/c1(7-17-27-18-8-3-9-19-27)2-13-23-29(30-25-15-6-16-26-30)24-14-5-12-22-28-20-10-4-11-21-28/h3-4,8-11,18-21,29H,1-2,5-7,12-17,22-26H2. The van der Waals surface area contributed by atoms with Gasteiger partial charge in [0.05, 0.1) is 0 Å². The minimum atomic E-state index is 0.844. The average Bonchev–Trinajstić information content (AvgIpc) is 2.81. The molecule has 1 heteroatoms. The minimum Gasteiger partial charge on any atom is -0.300 e. The first-order valence-electron chi connectivity index (χ1n) is 12.7. The lowest BCUT2D eigenvalue weighted by Crippen LogP contribution is -2.39. The molecule has 1 fully saturated rings. The SMILES string of the molecule is c1ccc(CCCCCCC(CCCCCc2ccccc2)N2CCCCC2)cc1. The first-order chi connectivity index (χ1) is 14.9. The number of benzene rings is 2. The van der Waals surface area contributed by atoms with Crippen LogP contribution in [0.4, 0.5) is 0 Å². The van der Waals surface area contributed by atoms with Crippen LogP contribution >= 0.6 is 0 Å². The molecule has 0 aliphatic carbocycles. The topological polar surface area (TPSA) is 3.24 Å². The molecule has 0 spiro atoms. The van der Waals surface area contributed by atoms with Crippen molar-refractivity contribution in [2.75, 3.05) is 13.1 Å². The van der Waals surface area contributed by atoms with Gasteiger partial charge >= 0.3 is 0 Å². The molecule has 1 atom stereocenters. The van der Waals surface area contributed by atoms with Crippen LogP contribution in [-0.4, -0.2) is 24.0 Å². The van der Waals surface area contributed by atoms with E-state index in [-0.39, 0.29) is 0 Å². The second-order valence-corrected chi connectivity index (χ2v) is 9.27. The Balaban J connectivity index is 1.30. The lowest BCUT2D eigenvalue weighted by atomic mass is 9.96. The Morgan fingerprint density at radius 3 is 1.53 bits per heavy atom. The summed E-state index contributed by atoms with van der Waals surface area (Å²) in [5, 5.41) is 0. The summed E-state index contributed by atoms with van der Waals surface area (Å²) in [6.45, 7) is 2.70. The van der Waals surface area contributed by atoms with Gasteiger partial charge in [0.15, 0.2) is 0 Å². The second-order valence-electron chi connectivity index (χ2n) is 9.27. The first-order valence-corrected chi connectivity index (χ1v) is 12.7. The Labute approximate surface area is 185 Å². The number of aryl methyl sites for hydroxylation is 2. The zero-order valence-corrected chi connectivity index (χ0v) is 19.1. The van der Waals surface area contributed by atoms with Crippen molar-refractivity contribution in [2.45, 2.75) is 95.9 Å². The van der Waals surface area contributed by atoms with E-state index < -0.39 is 0 Å². The number of rotatable bonds is 14. The summed E-state index contributed by atoms with van der Waals surface area (Å²) in [5.41, 5.74) is 3.00. The number of unbranched alkanes of at least 4 members (excludes halogenated alkanes) is 5. The lowest BCUT2D eigenvalue weighted by molar-refractivity contribution is 0.142.